The standard InChI is InChI=1S/C17H22F3N3O2S/c1-10-4-3-5-14(11(10)2)21-16(26)23-22-15(24)12-6-8-13(9-7-12)25-17(18,19)20/h6-11,14H,3-5H2,1-2H3,(H,22,24)(H2,21,23,26)/t10-,11+,14-/m0/s1. The summed E-state index contributed by atoms with van der Waals surface area (Å²) < 4.78 is 40.1. The summed E-state index contributed by atoms with van der Waals surface area (Å²) in [4.78, 5) is 12.0. The number of nitrogens with one attached hydrogen (secondary N) is 3. The van der Waals surface area contributed by atoms with Crippen LogP contribution in [0.2, 0.25) is 0 Å². The lowest BCUT2D eigenvalue weighted by Crippen LogP contribution is -2.52. The van der Waals surface area contributed by atoms with Gasteiger partial charge in [-0.1, -0.05) is 26.7 Å². The molecule has 0 saturated heterocycles. The van der Waals surface area contributed by atoms with Crippen LogP contribution < -0.4 is 20.9 Å². The van der Waals surface area contributed by atoms with Gasteiger partial charge in [0.2, 0.25) is 0 Å². The van der Waals surface area contributed by atoms with E-state index in [0.717, 1.165) is 25.0 Å². The third-order valence-corrected chi connectivity index (χ3v) is 4.88. The van der Waals surface area contributed by atoms with E-state index in [0.29, 0.717) is 16.9 Å². The number of halogens is 3. The average molecular weight is 389 g/mol. The Morgan fingerprint density at radius 3 is 2.42 bits per heavy atom. The molecule has 2 rings (SSSR count). The van der Waals surface area contributed by atoms with Crippen LogP contribution in [0.25, 0.3) is 0 Å². The Bertz CT molecular complexity index is 637. The Hall–Kier alpha value is -2.03. The molecular formula is C17H22F3N3O2S. The minimum atomic E-state index is -4.77. The van der Waals surface area contributed by atoms with E-state index < -0.39 is 12.3 Å². The molecule has 1 aromatic carbocycles. The van der Waals surface area contributed by atoms with Crippen molar-refractivity contribution >= 4 is 23.2 Å². The van der Waals surface area contributed by atoms with E-state index in [-0.39, 0.29) is 17.4 Å². The zero-order valence-electron chi connectivity index (χ0n) is 14.5. The topological polar surface area (TPSA) is 62.4 Å². The first-order valence-electron chi connectivity index (χ1n) is 8.38. The smallest absolute Gasteiger partial charge is 0.406 e. The fourth-order valence-corrected chi connectivity index (χ4v) is 3.19. The highest BCUT2D eigenvalue weighted by atomic mass is 32.1. The van der Waals surface area contributed by atoms with Crippen molar-refractivity contribution in [3.63, 3.8) is 0 Å². The summed E-state index contributed by atoms with van der Waals surface area (Å²) in [6.45, 7) is 4.39. The maximum absolute atomic E-state index is 12.1. The molecule has 5 nitrogen and oxygen atoms in total. The van der Waals surface area contributed by atoms with E-state index in [2.05, 4.69) is 34.8 Å². The number of hydrazine groups is 1. The molecule has 0 radical (unpaired) electrons. The van der Waals surface area contributed by atoms with Crippen LogP contribution >= 0.6 is 12.2 Å². The Morgan fingerprint density at radius 2 is 1.81 bits per heavy atom. The van der Waals surface area contributed by atoms with Gasteiger partial charge in [0, 0.05) is 11.6 Å². The van der Waals surface area contributed by atoms with E-state index >= 15 is 0 Å². The lowest BCUT2D eigenvalue weighted by Gasteiger charge is -2.35. The molecule has 1 aliphatic carbocycles. The molecule has 0 spiro atoms. The zero-order chi connectivity index (χ0) is 19.3. The summed E-state index contributed by atoms with van der Waals surface area (Å²) in [6.07, 6.45) is -1.42. The molecule has 0 bridgehead atoms. The van der Waals surface area contributed by atoms with Gasteiger partial charge in [-0.3, -0.25) is 15.6 Å². The van der Waals surface area contributed by atoms with Gasteiger partial charge in [-0.25, -0.2) is 0 Å². The van der Waals surface area contributed by atoms with E-state index in [1.807, 2.05) is 0 Å². The molecule has 1 saturated carbocycles. The third-order valence-electron chi connectivity index (χ3n) is 4.66. The Morgan fingerprint density at radius 1 is 1.15 bits per heavy atom. The largest absolute Gasteiger partial charge is 0.573 e. The van der Waals surface area contributed by atoms with E-state index in [1.54, 1.807) is 0 Å². The lowest BCUT2D eigenvalue weighted by molar-refractivity contribution is -0.274. The molecule has 0 heterocycles. The van der Waals surface area contributed by atoms with Crippen LogP contribution in [0.3, 0.4) is 0 Å². The van der Waals surface area contributed by atoms with Crippen molar-refractivity contribution in [2.24, 2.45) is 11.8 Å². The van der Waals surface area contributed by atoms with Gasteiger partial charge in [0.25, 0.3) is 5.91 Å². The van der Waals surface area contributed by atoms with Crippen LogP contribution in [0, 0.1) is 11.8 Å². The summed E-state index contributed by atoms with van der Waals surface area (Å²) in [7, 11) is 0. The SMILES string of the molecule is C[C@H]1[C@@H](NC(=S)NNC(=O)c2ccc(OC(F)(F)F)cc2)CCC[C@@H]1C. The van der Waals surface area contributed by atoms with Gasteiger partial charge in [-0.2, -0.15) is 0 Å². The normalized spacial score (nSPS) is 23.0. The van der Waals surface area contributed by atoms with Crippen molar-refractivity contribution in [1.29, 1.82) is 0 Å². The number of hydrogen-bond acceptors (Lipinski definition) is 3. The molecule has 144 valence electrons. The minimum Gasteiger partial charge on any atom is -0.406 e. The van der Waals surface area contributed by atoms with Gasteiger partial charge in [-0.15, -0.1) is 13.2 Å². The molecule has 3 atom stereocenters. The quantitative estimate of drug-likeness (QED) is 0.545. The van der Waals surface area contributed by atoms with Crippen LogP contribution in [0.1, 0.15) is 43.5 Å². The molecule has 0 aliphatic heterocycles. The first kappa shape index (κ1) is 20.3. The summed E-state index contributed by atoms with van der Waals surface area (Å²) in [5.41, 5.74) is 5.23. The number of benzene rings is 1. The first-order chi connectivity index (χ1) is 12.2. The highest BCUT2D eigenvalue weighted by Crippen LogP contribution is 2.29. The summed E-state index contributed by atoms with van der Waals surface area (Å²) in [5.74, 6) is 0.175. The number of alkyl halides is 3. The van der Waals surface area contributed by atoms with Crippen LogP contribution in [0.4, 0.5) is 13.2 Å². The zero-order valence-corrected chi connectivity index (χ0v) is 15.3. The highest BCUT2D eigenvalue weighted by molar-refractivity contribution is 7.80. The minimum absolute atomic E-state index is 0.175. The van der Waals surface area contributed by atoms with Gasteiger partial charge < -0.3 is 10.1 Å². The first-order valence-corrected chi connectivity index (χ1v) is 8.79. The fraction of sp³-hybridized carbons (Fsp3) is 0.529. The number of rotatable bonds is 3. The van der Waals surface area contributed by atoms with Crippen LogP contribution in [-0.4, -0.2) is 23.4 Å². The van der Waals surface area contributed by atoms with Gasteiger partial charge in [0.15, 0.2) is 5.11 Å². The molecule has 0 unspecified atom stereocenters. The predicted octanol–water partition coefficient (Wildman–Crippen LogP) is 3.52. The lowest BCUT2D eigenvalue weighted by atomic mass is 9.78. The molecule has 26 heavy (non-hydrogen) atoms. The summed E-state index contributed by atoms with van der Waals surface area (Å²) in [5, 5.41) is 3.51. The van der Waals surface area contributed by atoms with Crippen LogP contribution in [0.5, 0.6) is 5.75 Å². The Kier molecular flexibility index (Phi) is 6.69. The fourth-order valence-electron chi connectivity index (χ4n) is 2.98. The van der Waals surface area contributed by atoms with Crippen LogP contribution in [-0.2, 0) is 0 Å². The number of hydrogen-bond donors (Lipinski definition) is 3. The number of amides is 1. The van der Waals surface area contributed by atoms with Gasteiger partial charge in [0.1, 0.15) is 5.75 Å². The molecule has 1 aromatic rings. The maximum atomic E-state index is 12.1. The monoisotopic (exact) mass is 389 g/mol. The second-order valence-electron chi connectivity index (χ2n) is 6.50. The third kappa shape index (κ3) is 6.05. The van der Waals surface area contributed by atoms with Gasteiger partial charge in [-0.05, 0) is 54.7 Å². The van der Waals surface area contributed by atoms with Crippen molar-refractivity contribution in [3.05, 3.63) is 29.8 Å². The predicted molar refractivity (Wildman–Crippen MR) is 95.4 cm³/mol. The summed E-state index contributed by atoms with van der Waals surface area (Å²) >= 11 is 5.19. The van der Waals surface area contributed by atoms with Crippen molar-refractivity contribution in [1.82, 2.24) is 16.2 Å². The number of carbonyl (C=O) groups excluding carboxylic acids is 1. The van der Waals surface area contributed by atoms with Crippen molar-refractivity contribution in [2.45, 2.75) is 45.5 Å². The molecule has 0 aromatic heterocycles. The second-order valence-corrected chi connectivity index (χ2v) is 6.91. The van der Waals surface area contributed by atoms with E-state index in [4.69, 9.17) is 12.2 Å². The molecule has 1 fully saturated rings. The van der Waals surface area contributed by atoms with Crippen LogP contribution in [0.15, 0.2) is 24.3 Å². The van der Waals surface area contributed by atoms with E-state index in [1.165, 1.54) is 18.6 Å². The van der Waals surface area contributed by atoms with Crippen molar-refractivity contribution in [2.75, 3.05) is 0 Å². The molecule has 9 heteroatoms. The highest BCUT2D eigenvalue weighted by Gasteiger charge is 2.31. The maximum Gasteiger partial charge on any atom is 0.573 e. The van der Waals surface area contributed by atoms with Gasteiger partial charge >= 0.3 is 6.36 Å². The van der Waals surface area contributed by atoms with E-state index in [9.17, 15) is 18.0 Å². The van der Waals surface area contributed by atoms with Crippen molar-refractivity contribution in [3.8, 4) is 5.75 Å². The Labute approximate surface area is 155 Å². The molecular weight excluding hydrogens is 367 g/mol. The molecule has 1 amide bonds. The average Bonchev–Trinajstić information content (AvgIpc) is 2.56. The van der Waals surface area contributed by atoms with Gasteiger partial charge in [0.05, 0.1) is 0 Å². The summed E-state index contributed by atoms with van der Waals surface area (Å²) in [6, 6.07) is 4.86. The number of thiocarbonyl (C=S) groups is 1. The molecule has 3 N–H and O–H groups in total. The van der Waals surface area contributed by atoms with Crippen molar-refractivity contribution < 1.29 is 22.7 Å². The second kappa shape index (κ2) is 8.57. The molecule has 1 aliphatic rings. The number of ether oxygens (including phenoxy) is 1. The number of carbonyl (C=O) groups is 1. The Balaban J connectivity index is 1.81.